The third kappa shape index (κ3) is 2.68. The lowest BCUT2D eigenvalue weighted by Crippen LogP contribution is -2.26. The Morgan fingerprint density at radius 3 is 3.00 bits per heavy atom. The van der Waals surface area contributed by atoms with Crippen LogP contribution in [0.5, 0.6) is 0 Å². The average molecular weight is 152 g/mol. The van der Waals surface area contributed by atoms with Crippen molar-refractivity contribution in [3.8, 4) is 0 Å². The fraction of sp³-hybridized carbons (Fsp3) is 0.444. The monoisotopic (exact) mass is 152 g/mol. The molecule has 0 aliphatic heterocycles. The van der Waals surface area contributed by atoms with Crippen molar-refractivity contribution in [3.05, 3.63) is 30.1 Å². The number of aromatic nitrogens is 1. The van der Waals surface area contributed by atoms with Crippen molar-refractivity contribution >= 4 is 0 Å². The first-order chi connectivity index (χ1) is 5.33. The van der Waals surface area contributed by atoms with Crippen molar-refractivity contribution in [2.75, 3.05) is 6.61 Å². The summed E-state index contributed by atoms with van der Waals surface area (Å²) in [5.74, 6) is 0. The molecule has 0 saturated carbocycles. The van der Waals surface area contributed by atoms with Crippen molar-refractivity contribution in [3.63, 3.8) is 0 Å². The average Bonchev–Trinajstić information content (AvgIpc) is 2.01. The maximum Gasteiger partial charge on any atom is 0.171 e. The highest BCUT2D eigenvalue weighted by Gasteiger charge is 1.96. The van der Waals surface area contributed by atoms with Crippen LogP contribution >= 0.6 is 0 Å². The molecule has 60 valence electrons. The van der Waals surface area contributed by atoms with Crippen LogP contribution in [-0.4, -0.2) is 11.7 Å². The van der Waals surface area contributed by atoms with Gasteiger partial charge in [-0.15, -0.1) is 0 Å². The molecule has 1 heterocycles. The van der Waals surface area contributed by atoms with Crippen LogP contribution in [0.15, 0.2) is 24.5 Å². The molecule has 0 aliphatic carbocycles. The smallest absolute Gasteiger partial charge is 0.171 e. The zero-order valence-corrected chi connectivity index (χ0v) is 6.83. The molecule has 0 fully saturated rings. The van der Waals surface area contributed by atoms with Gasteiger partial charge in [0.05, 0.1) is 0 Å². The molecule has 0 atom stereocenters. The second-order valence-corrected chi connectivity index (χ2v) is 2.70. The van der Waals surface area contributed by atoms with Gasteiger partial charge in [0.1, 0.15) is 7.05 Å². The van der Waals surface area contributed by atoms with Crippen molar-refractivity contribution < 1.29 is 9.67 Å². The molecule has 2 nitrogen and oxygen atoms in total. The Morgan fingerprint density at radius 2 is 2.36 bits per heavy atom. The summed E-state index contributed by atoms with van der Waals surface area (Å²) in [4.78, 5) is 0. The van der Waals surface area contributed by atoms with E-state index in [1.807, 2.05) is 23.9 Å². The van der Waals surface area contributed by atoms with Gasteiger partial charge in [0.15, 0.2) is 12.4 Å². The predicted octanol–water partition coefficient (Wildman–Crippen LogP) is 0.436. The summed E-state index contributed by atoms with van der Waals surface area (Å²) in [6, 6.07) is 4.10. The summed E-state index contributed by atoms with van der Waals surface area (Å²) in [7, 11) is 2.00. The molecular weight excluding hydrogens is 138 g/mol. The van der Waals surface area contributed by atoms with E-state index in [0.29, 0.717) is 0 Å². The minimum atomic E-state index is 0.276. The standard InChI is InChI=1S/C9H14NO/c1-10-6-2-4-9(8-10)5-3-7-11/h2,4,6,8,11H,3,5,7H2,1H3/q+1. The maximum atomic E-state index is 8.59. The number of rotatable bonds is 3. The lowest BCUT2D eigenvalue weighted by Gasteiger charge is -1.95. The fourth-order valence-electron chi connectivity index (χ4n) is 1.08. The van der Waals surface area contributed by atoms with Crippen molar-refractivity contribution in [2.24, 2.45) is 7.05 Å². The van der Waals surface area contributed by atoms with E-state index in [2.05, 4.69) is 12.3 Å². The SMILES string of the molecule is C[n+]1cccc(CCCO)c1. The molecule has 1 aromatic rings. The van der Waals surface area contributed by atoms with Gasteiger partial charge in [-0.2, -0.15) is 0 Å². The van der Waals surface area contributed by atoms with Crippen LogP contribution in [-0.2, 0) is 13.5 Å². The summed E-state index contributed by atoms with van der Waals surface area (Å²) in [5, 5.41) is 8.59. The summed E-state index contributed by atoms with van der Waals surface area (Å²) in [6.45, 7) is 0.276. The second kappa shape index (κ2) is 4.09. The largest absolute Gasteiger partial charge is 0.396 e. The molecule has 0 spiro atoms. The topological polar surface area (TPSA) is 24.1 Å². The van der Waals surface area contributed by atoms with E-state index in [0.717, 1.165) is 12.8 Å². The molecule has 2 heteroatoms. The quantitative estimate of drug-likeness (QED) is 0.624. The molecule has 0 amide bonds. The summed E-state index contributed by atoms with van der Waals surface area (Å²) in [6.07, 6.45) is 5.90. The minimum absolute atomic E-state index is 0.276. The van der Waals surface area contributed by atoms with Crippen molar-refractivity contribution in [1.29, 1.82) is 0 Å². The van der Waals surface area contributed by atoms with E-state index in [9.17, 15) is 0 Å². The van der Waals surface area contributed by atoms with E-state index in [-0.39, 0.29) is 6.61 Å². The zero-order chi connectivity index (χ0) is 8.10. The first-order valence-electron chi connectivity index (χ1n) is 3.88. The van der Waals surface area contributed by atoms with E-state index in [1.165, 1.54) is 5.56 Å². The fourth-order valence-corrected chi connectivity index (χ4v) is 1.08. The third-order valence-corrected chi connectivity index (χ3v) is 1.62. The van der Waals surface area contributed by atoms with Gasteiger partial charge in [0.25, 0.3) is 0 Å². The number of hydrogen-bond donors (Lipinski definition) is 1. The normalized spacial score (nSPS) is 10.0. The van der Waals surface area contributed by atoms with Crippen LogP contribution in [0.3, 0.4) is 0 Å². The molecule has 1 N–H and O–H groups in total. The second-order valence-electron chi connectivity index (χ2n) is 2.70. The number of aliphatic hydroxyl groups excluding tert-OH is 1. The summed E-state index contributed by atoms with van der Waals surface area (Å²) in [5.41, 5.74) is 1.28. The van der Waals surface area contributed by atoms with Gasteiger partial charge in [-0.25, -0.2) is 4.57 Å². The van der Waals surface area contributed by atoms with Crippen LogP contribution in [0.1, 0.15) is 12.0 Å². The first-order valence-corrected chi connectivity index (χ1v) is 3.88. The van der Waals surface area contributed by atoms with Gasteiger partial charge in [-0.1, -0.05) is 0 Å². The molecule has 11 heavy (non-hydrogen) atoms. The molecule has 0 bridgehead atoms. The summed E-state index contributed by atoms with van der Waals surface area (Å²) < 4.78 is 2.02. The first kappa shape index (κ1) is 8.21. The Balaban J connectivity index is 2.56. The maximum absolute atomic E-state index is 8.59. The molecule has 1 aromatic heterocycles. The van der Waals surface area contributed by atoms with Gasteiger partial charge < -0.3 is 5.11 Å². The highest BCUT2D eigenvalue weighted by Crippen LogP contribution is 1.97. The highest BCUT2D eigenvalue weighted by molar-refractivity contribution is 5.04. The molecule has 0 aromatic carbocycles. The zero-order valence-electron chi connectivity index (χ0n) is 6.83. The van der Waals surface area contributed by atoms with Gasteiger partial charge in [-0.3, -0.25) is 0 Å². The molecule has 0 radical (unpaired) electrons. The van der Waals surface area contributed by atoms with Crippen LogP contribution in [0, 0.1) is 0 Å². The van der Waals surface area contributed by atoms with Gasteiger partial charge in [0.2, 0.25) is 0 Å². The predicted molar refractivity (Wildman–Crippen MR) is 43.0 cm³/mol. The van der Waals surface area contributed by atoms with E-state index in [1.54, 1.807) is 0 Å². The molecule has 0 aliphatic rings. The van der Waals surface area contributed by atoms with Gasteiger partial charge in [0, 0.05) is 18.2 Å². The van der Waals surface area contributed by atoms with Crippen LogP contribution < -0.4 is 4.57 Å². The van der Waals surface area contributed by atoms with E-state index in [4.69, 9.17) is 5.11 Å². The Labute approximate surface area is 67.1 Å². The number of aliphatic hydroxyl groups is 1. The molecule has 0 unspecified atom stereocenters. The van der Waals surface area contributed by atoms with E-state index >= 15 is 0 Å². The Kier molecular flexibility index (Phi) is 3.05. The van der Waals surface area contributed by atoms with Crippen LogP contribution in [0.25, 0.3) is 0 Å². The van der Waals surface area contributed by atoms with Gasteiger partial charge in [-0.05, 0) is 18.9 Å². The van der Waals surface area contributed by atoms with Gasteiger partial charge >= 0.3 is 0 Å². The lowest BCUT2D eigenvalue weighted by atomic mass is 10.2. The van der Waals surface area contributed by atoms with Crippen LogP contribution in [0.4, 0.5) is 0 Å². The Bertz CT molecular complexity index is 223. The molecule has 0 saturated heterocycles. The number of nitrogens with zero attached hydrogens (tertiary/aromatic N) is 1. The highest BCUT2D eigenvalue weighted by atomic mass is 16.2. The molecule has 1 rings (SSSR count). The van der Waals surface area contributed by atoms with E-state index < -0.39 is 0 Å². The number of pyridine rings is 1. The minimum Gasteiger partial charge on any atom is -0.396 e. The Morgan fingerprint density at radius 1 is 1.55 bits per heavy atom. The third-order valence-electron chi connectivity index (χ3n) is 1.62. The van der Waals surface area contributed by atoms with Crippen molar-refractivity contribution in [1.82, 2.24) is 0 Å². The number of hydrogen-bond acceptors (Lipinski definition) is 1. The summed E-state index contributed by atoms with van der Waals surface area (Å²) >= 11 is 0. The lowest BCUT2D eigenvalue weighted by molar-refractivity contribution is -0.671. The van der Waals surface area contributed by atoms with Crippen LogP contribution in [0.2, 0.25) is 0 Å². The van der Waals surface area contributed by atoms with Crippen molar-refractivity contribution in [2.45, 2.75) is 12.8 Å². The number of aryl methyl sites for hydroxylation is 2. The molecular formula is C9H14NO+. The Hall–Kier alpha value is -0.890.